The Morgan fingerprint density at radius 3 is 2.76 bits per heavy atom. The van der Waals surface area contributed by atoms with Crippen molar-refractivity contribution in [2.45, 2.75) is 25.1 Å². The van der Waals surface area contributed by atoms with E-state index in [1.807, 2.05) is 0 Å². The molecule has 1 heterocycles. The summed E-state index contributed by atoms with van der Waals surface area (Å²) in [5, 5.41) is 3.07. The summed E-state index contributed by atoms with van der Waals surface area (Å²) in [6, 6.07) is 3.78. The molecule has 0 radical (unpaired) electrons. The van der Waals surface area contributed by atoms with Gasteiger partial charge >= 0.3 is 6.18 Å². The van der Waals surface area contributed by atoms with Crippen LogP contribution in [0.5, 0.6) is 0 Å². The van der Waals surface area contributed by atoms with E-state index in [1.165, 1.54) is 17.0 Å². The number of halogens is 4. The lowest BCUT2D eigenvalue weighted by Gasteiger charge is -2.33. The summed E-state index contributed by atoms with van der Waals surface area (Å²) in [4.78, 5) is 13.9. The van der Waals surface area contributed by atoms with Crippen LogP contribution in [0, 0.1) is 0 Å². The fourth-order valence-corrected chi connectivity index (χ4v) is 2.87. The Kier molecular flexibility index (Phi) is 4.93. The molecule has 0 aliphatic carbocycles. The number of nitrogens with zero attached hydrogens (tertiary/aromatic N) is 1. The van der Waals surface area contributed by atoms with Gasteiger partial charge in [0.25, 0.3) is 5.91 Å². The summed E-state index contributed by atoms with van der Waals surface area (Å²) in [7, 11) is 1.79. The molecule has 1 N–H and O–H groups in total. The average molecular weight is 365 g/mol. The Bertz CT molecular complexity index is 533. The molecule has 2 rings (SSSR count). The van der Waals surface area contributed by atoms with Gasteiger partial charge in [-0.3, -0.25) is 4.79 Å². The van der Waals surface area contributed by atoms with Gasteiger partial charge in [0.05, 0.1) is 11.1 Å². The number of nitrogens with one attached hydrogen (secondary N) is 1. The second-order valence-corrected chi connectivity index (χ2v) is 5.98. The number of hydrogen-bond donors (Lipinski definition) is 1. The second kappa shape index (κ2) is 6.36. The molecule has 0 saturated carbocycles. The van der Waals surface area contributed by atoms with E-state index in [0.29, 0.717) is 17.6 Å². The molecule has 1 amide bonds. The van der Waals surface area contributed by atoms with E-state index in [1.54, 1.807) is 7.05 Å². The van der Waals surface area contributed by atoms with E-state index in [4.69, 9.17) is 0 Å². The van der Waals surface area contributed by atoms with Crippen molar-refractivity contribution in [1.82, 2.24) is 10.2 Å². The Morgan fingerprint density at radius 2 is 2.14 bits per heavy atom. The highest BCUT2D eigenvalue weighted by molar-refractivity contribution is 9.10. The zero-order valence-electron chi connectivity index (χ0n) is 11.5. The third kappa shape index (κ3) is 3.77. The highest BCUT2D eigenvalue weighted by Gasteiger charge is 2.37. The maximum Gasteiger partial charge on any atom is 0.417 e. The van der Waals surface area contributed by atoms with E-state index < -0.39 is 17.6 Å². The van der Waals surface area contributed by atoms with Crippen molar-refractivity contribution in [3.63, 3.8) is 0 Å². The van der Waals surface area contributed by atoms with Crippen molar-refractivity contribution in [1.29, 1.82) is 0 Å². The third-order valence-corrected chi connectivity index (χ3v) is 4.13. The first-order valence-corrected chi connectivity index (χ1v) is 7.45. The Morgan fingerprint density at radius 1 is 1.43 bits per heavy atom. The summed E-state index contributed by atoms with van der Waals surface area (Å²) in [6.07, 6.45) is -2.84. The molecule has 21 heavy (non-hydrogen) atoms. The van der Waals surface area contributed by atoms with Crippen molar-refractivity contribution in [2.75, 3.05) is 20.1 Å². The molecule has 7 heteroatoms. The number of amides is 1. The summed E-state index contributed by atoms with van der Waals surface area (Å²) >= 11 is 3.02. The Hall–Kier alpha value is -1.08. The molecule has 116 valence electrons. The quantitative estimate of drug-likeness (QED) is 0.873. The number of carbonyl (C=O) groups is 1. The van der Waals surface area contributed by atoms with Crippen LogP contribution in [0.15, 0.2) is 22.7 Å². The molecule has 1 unspecified atom stereocenters. The highest BCUT2D eigenvalue weighted by Crippen LogP contribution is 2.34. The number of likely N-dealkylation sites (tertiary alicyclic amines) is 1. The molecule has 0 spiro atoms. The molecule has 1 aromatic rings. The fraction of sp³-hybridized carbons (Fsp3) is 0.500. The van der Waals surface area contributed by atoms with E-state index in [2.05, 4.69) is 21.2 Å². The van der Waals surface area contributed by atoms with E-state index in [-0.39, 0.29) is 11.6 Å². The lowest BCUT2D eigenvalue weighted by molar-refractivity contribution is -0.138. The van der Waals surface area contributed by atoms with Gasteiger partial charge in [-0.15, -0.1) is 0 Å². The Balaban J connectivity index is 2.31. The van der Waals surface area contributed by atoms with Gasteiger partial charge in [-0.25, -0.2) is 0 Å². The van der Waals surface area contributed by atoms with Crippen LogP contribution in [0.2, 0.25) is 0 Å². The summed E-state index contributed by atoms with van der Waals surface area (Å²) in [5.74, 6) is -0.560. The number of hydrogen-bond acceptors (Lipinski definition) is 2. The first-order valence-electron chi connectivity index (χ1n) is 6.66. The van der Waals surface area contributed by atoms with Crippen molar-refractivity contribution < 1.29 is 18.0 Å². The molecular weight excluding hydrogens is 349 g/mol. The van der Waals surface area contributed by atoms with Gasteiger partial charge < -0.3 is 10.2 Å². The van der Waals surface area contributed by atoms with E-state index in [0.717, 1.165) is 18.9 Å². The SMILES string of the molecule is CNC1CCCN(C(=O)c2ccc(Br)cc2C(F)(F)F)C1. The average Bonchev–Trinajstić information content (AvgIpc) is 2.45. The molecule has 1 atom stereocenters. The minimum Gasteiger partial charge on any atom is -0.337 e. The lowest BCUT2D eigenvalue weighted by atomic mass is 10.0. The van der Waals surface area contributed by atoms with Gasteiger partial charge in [0.1, 0.15) is 0 Å². The maximum atomic E-state index is 13.1. The predicted molar refractivity (Wildman–Crippen MR) is 77.1 cm³/mol. The highest BCUT2D eigenvalue weighted by atomic mass is 79.9. The van der Waals surface area contributed by atoms with Gasteiger partial charge in [0.2, 0.25) is 0 Å². The van der Waals surface area contributed by atoms with Crippen LogP contribution in [-0.4, -0.2) is 37.0 Å². The Labute approximate surface area is 129 Å². The van der Waals surface area contributed by atoms with Crippen molar-refractivity contribution in [2.24, 2.45) is 0 Å². The van der Waals surface area contributed by atoms with Crippen LogP contribution < -0.4 is 5.32 Å². The van der Waals surface area contributed by atoms with Crippen LogP contribution in [0.4, 0.5) is 13.2 Å². The largest absolute Gasteiger partial charge is 0.417 e. The predicted octanol–water partition coefficient (Wildman–Crippen LogP) is 3.29. The third-order valence-electron chi connectivity index (χ3n) is 3.63. The van der Waals surface area contributed by atoms with Crippen molar-refractivity contribution >= 4 is 21.8 Å². The second-order valence-electron chi connectivity index (χ2n) is 5.07. The monoisotopic (exact) mass is 364 g/mol. The van der Waals surface area contributed by atoms with Crippen LogP contribution in [0.1, 0.15) is 28.8 Å². The number of carbonyl (C=O) groups excluding carboxylic acids is 1. The first-order chi connectivity index (χ1) is 9.82. The smallest absolute Gasteiger partial charge is 0.337 e. The number of likely N-dealkylation sites (N-methyl/N-ethyl adjacent to an activating group) is 1. The number of alkyl halides is 3. The van der Waals surface area contributed by atoms with E-state index >= 15 is 0 Å². The van der Waals surface area contributed by atoms with Gasteiger partial charge in [-0.05, 0) is 38.1 Å². The van der Waals surface area contributed by atoms with Crippen LogP contribution in [0.3, 0.4) is 0 Å². The van der Waals surface area contributed by atoms with Crippen molar-refractivity contribution in [3.05, 3.63) is 33.8 Å². The standard InChI is InChI=1S/C14H16BrF3N2O/c1-19-10-3-2-6-20(8-10)13(21)11-5-4-9(15)7-12(11)14(16,17)18/h4-5,7,10,19H,2-3,6,8H2,1H3. The molecule has 0 aromatic heterocycles. The first kappa shape index (κ1) is 16.3. The maximum absolute atomic E-state index is 13.1. The normalized spacial score (nSPS) is 19.7. The zero-order valence-corrected chi connectivity index (χ0v) is 13.1. The minimum absolute atomic E-state index is 0.132. The minimum atomic E-state index is -4.55. The summed E-state index contributed by atoms with van der Waals surface area (Å²) in [5.41, 5.74) is -1.18. The lowest BCUT2D eigenvalue weighted by Crippen LogP contribution is -2.47. The molecule has 3 nitrogen and oxygen atoms in total. The number of rotatable bonds is 2. The fourth-order valence-electron chi connectivity index (χ4n) is 2.51. The molecule has 1 aromatic carbocycles. The molecular formula is C14H16BrF3N2O. The van der Waals surface area contributed by atoms with Gasteiger partial charge in [-0.1, -0.05) is 15.9 Å². The molecule has 0 bridgehead atoms. The molecule has 1 aliphatic heterocycles. The van der Waals surface area contributed by atoms with Crippen LogP contribution in [0.25, 0.3) is 0 Å². The topological polar surface area (TPSA) is 32.3 Å². The zero-order chi connectivity index (χ0) is 15.6. The van der Waals surface area contributed by atoms with Gasteiger partial charge in [0.15, 0.2) is 0 Å². The molecule has 1 saturated heterocycles. The van der Waals surface area contributed by atoms with E-state index in [9.17, 15) is 18.0 Å². The molecule has 1 fully saturated rings. The summed E-state index contributed by atoms with van der Waals surface area (Å²) < 4.78 is 39.6. The van der Waals surface area contributed by atoms with Gasteiger partial charge in [-0.2, -0.15) is 13.2 Å². The van der Waals surface area contributed by atoms with Crippen LogP contribution in [-0.2, 0) is 6.18 Å². The van der Waals surface area contributed by atoms with Crippen LogP contribution >= 0.6 is 15.9 Å². The molecule has 1 aliphatic rings. The van der Waals surface area contributed by atoms with Crippen molar-refractivity contribution in [3.8, 4) is 0 Å². The van der Waals surface area contributed by atoms with Gasteiger partial charge in [0, 0.05) is 23.6 Å². The number of benzene rings is 1. The summed E-state index contributed by atoms with van der Waals surface area (Å²) in [6.45, 7) is 0.924. The number of piperidine rings is 1.